The lowest BCUT2D eigenvalue weighted by Crippen LogP contribution is -2.36. The molecule has 2 N–H and O–H groups in total. The van der Waals surface area contributed by atoms with E-state index >= 15 is 0 Å². The van der Waals surface area contributed by atoms with Gasteiger partial charge in [0.2, 0.25) is 0 Å². The average molecular weight is 266 g/mol. The van der Waals surface area contributed by atoms with Crippen molar-refractivity contribution in [2.24, 2.45) is 0 Å². The summed E-state index contributed by atoms with van der Waals surface area (Å²) in [5, 5.41) is 12.2. The van der Waals surface area contributed by atoms with E-state index in [2.05, 4.69) is 17.1 Å². The number of benzene rings is 1. The first-order valence-electron chi connectivity index (χ1n) is 6.62. The highest BCUT2D eigenvalue weighted by Crippen LogP contribution is 2.25. The lowest BCUT2D eigenvalue weighted by atomic mass is 10.2. The molecule has 1 saturated carbocycles. The molecule has 5 heteroatoms. The van der Waals surface area contributed by atoms with E-state index in [1.165, 1.54) is 18.9 Å². The van der Waals surface area contributed by atoms with E-state index in [0.717, 1.165) is 25.2 Å². The van der Waals surface area contributed by atoms with E-state index in [1.54, 1.807) is 0 Å². The van der Waals surface area contributed by atoms with Crippen LogP contribution >= 0.6 is 0 Å². The molecule has 0 aliphatic heterocycles. The average Bonchev–Trinajstić information content (AvgIpc) is 3.21. The summed E-state index contributed by atoms with van der Waals surface area (Å²) in [6.07, 6.45) is 2.46. The number of rotatable bonds is 6. The summed E-state index contributed by atoms with van der Waals surface area (Å²) in [6, 6.07) is 4.01. The van der Waals surface area contributed by atoms with E-state index in [4.69, 9.17) is 0 Å². The van der Waals surface area contributed by atoms with Crippen molar-refractivity contribution < 1.29 is 14.3 Å². The van der Waals surface area contributed by atoms with Crippen LogP contribution in [0.4, 0.5) is 4.39 Å². The van der Waals surface area contributed by atoms with Crippen LogP contribution in [0, 0.1) is 5.82 Å². The Morgan fingerprint density at radius 1 is 1.53 bits per heavy atom. The topological polar surface area (TPSA) is 52.6 Å². The van der Waals surface area contributed by atoms with Gasteiger partial charge in [0, 0.05) is 19.1 Å². The number of carbonyl (C=O) groups excluding carboxylic acids is 1. The van der Waals surface area contributed by atoms with Gasteiger partial charge in [0.05, 0.1) is 5.56 Å². The fourth-order valence-corrected chi connectivity index (χ4v) is 2.14. The largest absolute Gasteiger partial charge is 0.507 e. The molecule has 0 spiro atoms. The van der Waals surface area contributed by atoms with Crippen molar-refractivity contribution in [3.63, 3.8) is 0 Å². The lowest BCUT2D eigenvalue weighted by Gasteiger charge is -2.19. The molecule has 19 heavy (non-hydrogen) atoms. The first-order valence-corrected chi connectivity index (χ1v) is 6.62. The van der Waals surface area contributed by atoms with Crippen LogP contribution < -0.4 is 5.32 Å². The summed E-state index contributed by atoms with van der Waals surface area (Å²) >= 11 is 0. The molecule has 1 aromatic rings. The predicted molar refractivity (Wildman–Crippen MR) is 70.7 cm³/mol. The van der Waals surface area contributed by atoms with Crippen LogP contribution in [0.15, 0.2) is 18.2 Å². The molecule has 104 valence electrons. The lowest BCUT2D eigenvalue weighted by molar-refractivity contribution is 0.0945. The van der Waals surface area contributed by atoms with Crippen molar-refractivity contribution in [1.82, 2.24) is 10.2 Å². The number of phenolic OH excluding ortho intramolecular Hbond substituents is 1. The summed E-state index contributed by atoms with van der Waals surface area (Å²) < 4.78 is 13.0. The molecule has 1 aromatic carbocycles. The number of aromatic hydroxyl groups is 1. The van der Waals surface area contributed by atoms with E-state index < -0.39 is 11.7 Å². The van der Waals surface area contributed by atoms with Gasteiger partial charge in [0.25, 0.3) is 5.91 Å². The molecule has 0 atom stereocenters. The van der Waals surface area contributed by atoms with Gasteiger partial charge in [-0.05, 0) is 37.6 Å². The van der Waals surface area contributed by atoms with Crippen LogP contribution in [-0.4, -0.2) is 41.6 Å². The van der Waals surface area contributed by atoms with Gasteiger partial charge in [0.1, 0.15) is 11.6 Å². The van der Waals surface area contributed by atoms with Crippen molar-refractivity contribution in [3.8, 4) is 5.75 Å². The quantitative estimate of drug-likeness (QED) is 0.824. The van der Waals surface area contributed by atoms with Crippen LogP contribution in [0.1, 0.15) is 30.1 Å². The van der Waals surface area contributed by atoms with E-state index in [-0.39, 0.29) is 11.3 Å². The third-order valence-electron chi connectivity index (χ3n) is 3.36. The van der Waals surface area contributed by atoms with Crippen molar-refractivity contribution in [2.75, 3.05) is 19.6 Å². The van der Waals surface area contributed by atoms with E-state index in [9.17, 15) is 14.3 Å². The molecule has 4 nitrogen and oxygen atoms in total. The Labute approximate surface area is 112 Å². The Kier molecular flexibility index (Phi) is 4.37. The summed E-state index contributed by atoms with van der Waals surface area (Å²) in [5.74, 6) is -1.17. The Bertz CT molecular complexity index is 461. The zero-order chi connectivity index (χ0) is 13.8. The van der Waals surface area contributed by atoms with Gasteiger partial charge >= 0.3 is 0 Å². The summed E-state index contributed by atoms with van der Waals surface area (Å²) in [7, 11) is 0. The number of carbonyl (C=O) groups is 1. The van der Waals surface area contributed by atoms with E-state index in [1.807, 2.05) is 0 Å². The molecule has 0 heterocycles. The smallest absolute Gasteiger partial charge is 0.255 e. The predicted octanol–water partition coefficient (Wildman–Crippen LogP) is 1.75. The highest BCUT2D eigenvalue weighted by atomic mass is 19.1. The Hall–Kier alpha value is -1.62. The normalized spacial score (nSPS) is 14.7. The van der Waals surface area contributed by atoms with Gasteiger partial charge in [-0.15, -0.1) is 0 Å². The molecule has 1 fully saturated rings. The number of amides is 1. The first-order chi connectivity index (χ1) is 9.11. The third-order valence-corrected chi connectivity index (χ3v) is 3.36. The molecule has 0 radical (unpaired) electrons. The minimum absolute atomic E-state index is 0.0190. The van der Waals surface area contributed by atoms with Gasteiger partial charge < -0.3 is 10.4 Å². The van der Waals surface area contributed by atoms with Crippen LogP contribution in [0.3, 0.4) is 0 Å². The van der Waals surface area contributed by atoms with Gasteiger partial charge in [-0.25, -0.2) is 4.39 Å². The number of halogens is 1. The monoisotopic (exact) mass is 266 g/mol. The Morgan fingerprint density at radius 3 is 2.89 bits per heavy atom. The van der Waals surface area contributed by atoms with Crippen LogP contribution in [0.2, 0.25) is 0 Å². The molecule has 2 rings (SSSR count). The standard InChI is InChI=1S/C14H19FN2O2/c1-2-17(11-4-5-11)8-7-16-14(19)12-9-10(15)3-6-13(12)18/h3,6,9,11,18H,2,4-5,7-8H2,1H3,(H,16,19). The highest BCUT2D eigenvalue weighted by molar-refractivity contribution is 5.96. The van der Waals surface area contributed by atoms with Crippen LogP contribution in [0.25, 0.3) is 0 Å². The Balaban J connectivity index is 1.85. The molecular formula is C14H19FN2O2. The highest BCUT2D eigenvalue weighted by Gasteiger charge is 2.27. The maximum Gasteiger partial charge on any atom is 0.255 e. The summed E-state index contributed by atoms with van der Waals surface area (Å²) in [6.45, 7) is 4.34. The van der Waals surface area contributed by atoms with E-state index in [0.29, 0.717) is 12.6 Å². The van der Waals surface area contributed by atoms with Crippen LogP contribution in [0.5, 0.6) is 5.75 Å². The van der Waals surface area contributed by atoms with Gasteiger partial charge in [-0.2, -0.15) is 0 Å². The van der Waals surface area contributed by atoms with Crippen molar-refractivity contribution in [1.29, 1.82) is 0 Å². The summed E-state index contributed by atoms with van der Waals surface area (Å²) in [4.78, 5) is 14.1. The molecule has 1 amide bonds. The fourth-order valence-electron chi connectivity index (χ4n) is 2.14. The molecule has 1 aliphatic carbocycles. The zero-order valence-corrected chi connectivity index (χ0v) is 11.0. The molecule has 0 bridgehead atoms. The van der Waals surface area contributed by atoms with Crippen molar-refractivity contribution in [3.05, 3.63) is 29.6 Å². The maximum atomic E-state index is 13.0. The zero-order valence-electron chi connectivity index (χ0n) is 11.0. The molecule has 1 aliphatic rings. The number of likely N-dealkylation sites (N-methyl/N-ethyl adjacent to an activating group) is 1. The molecular weight excluding hydrogens is 247 g/mol. The number of phenols is 1. The van der Waals surface area contributed by atoms with Gasteiger partial charge in [0.15, 0.2) is 0 Å². The minimum Gasteiger partial charge on any atom is -0.507 e. The number of hydrogen-bond donors (Lipinski definition) is 2. The Morgan fingerprint density at radius 2 is 2.26 bits per heavy atom. The van der Waals surface area contributed by atoms with Gasteiger partial charge in [-0.1, -0.05) is 6.92 Å². The van der Waals surface area contributed by atoms with Crippen LogP contribution in [-0.2, 0) is 0 Å². The fraction of sp³-hybridized carbons (Fsp3) is 0.500. The SMILES string of the molecule is CCN(CCNC(=O)c1cc(F)ccc1O)C1CC1. The van der Waals surface area contributed by atoms with Crippen molar-refractivity contribution >= 4 is 5.91 Å². The second-order valence-corrected chi connectivity index (χ2v) is 4.78. The van der Waals surface area contributed by atoms with Gasteiger partial charge in [-0.3, -0.25) is 9.69 Å². The first kappa shape index (κ1) is 13.8. The van der Waals surface area contributed by atoms with Crippen molar-refractivity contribution in [2.45, 2.75) is 25.8 Å². The number of nitrogens with zero attached hydrogens (tertiary/aromatic N) is 1. The third kappa shape index (κ3) is 3.67. The molecule has 0 saturated heterocycles. The second kappa shape index (κ2) is 6.02. The molecule has 0 aromatic heterocycles. The minimum atomic E-state index is -0.531. The second-order valence-electron chi connectivity index (χ2n) is 4.78. The maximum absolute atomic E-state index is 13.0. The summed E-state index contributed by atoms with van der Waals surface area (Å²) in [5.41, 5.74) is -0.0190. The number of nitrogens with one attached hydrogen (secondary N) is 1. The number of hydrogen-bond acceptors (Lipinski definition) is 3. The molecule has 0 unspecified atom stereocenters.